The van der Waals surface area contributed by atoms with Crippen molar-refractivity contribution >= 4 is 16.6 Å². The van der Waals surface area contributed by atoms with E-state index in [-0.39, 0.29) is 22.6 Å². The van der Waals surface area contributed by atoms with Crippen molar-refractivity contribution in [1.82, 2.24) is 19.9 Å². The molecular formula is C28H29F2N5O2. The second kappa shape index (κ2) is 9.99. The van der Waals surface area contributed by atoms with E-state index >= 15 is 8.78 Å². The van der Waals surface area contributed by atoms with Crippen LogP contribution >= 0.6 is 0 Å². The van der Waals surface area contributed by atoms with Crippen molar-refractivity contribution in [1.29, 1.82) is 0 Å². The number of aryl methyl sites for hydroxylation is 1. The molecule has 4 aromatic rings. The normalized spacial score (nSPS) is 14.5. The molecule has 0 atom stereocenters. The van der Waals surface area contributed by atoms with E-state index in [9.17, 15) is 4.79 Å². The van der Waals surface area contributed by atoms with Gasteiger partial charge in [0.1, 0.15) is 17.2 Å². The minimum absolute atomic E-state index is 0.0332. The van der Waals surface area contributed by atoms with Crippen molar-refractivity contribution in [3.63, 3.8) is 0 Å². The van der Waals surface area contributed by atoms with E-state index < -0.39 is 17.3 Å². The van der Waals surface area contributed by atoms with Crippen molar-refractivity contribution in [2.24, 2.45) is 0 Å². The smallest absolute Gasteiger partial charge is 0.258 e. The SMILES string of the molecule is Cc1c[nH]c(=O)c2c(F)cc(-c3nc(-c4ccc(C5CCOCC5)c(CN(C)C)c4)c(F)nc3N)cc12. The van der Waals surface area contributed by atoms with Crippen LogP contribution in [-0.4, -0.2) is 47.2 Å². The molecule has 1 aliphatic rings. The summed E-state index contributed by atoms with van der Waals surface area (Å²) in [5.74, 6) is -1.29. The number of benzene rings is 2. The lowest BCUT2D eigenvalue weighted by Crippen LogP contribution is -2.18. The first-order valence-corrected chi connectivity index (χ1v) is 12.2. The van der Waals surface area contributed by atoms with Crippen LogP contribution in [0.25, 0.3) is 33.3 Å². The standard InChI is InChI=1S/C28H29F2N5O2/c1-15-13-32-28(36)23-21(15)11-18(12-22(23)29)25-27(31)34-26(30)24(33-25)17-4-5-20(16-6-8-37-9-7-16)19(10-17)14-35(2)3/h4-5,10-13,16H,6-9,14H2,1-3H3,(H2,31,34)(H,32,36). The van der Waals surface area contributed by atoms with Crippen LogP contribution in [0.1, 0.15) is 35.4 Å². The lowest BCUT2D eigenvalue weighted by atomic mass is 9.87. The Balaban J connectivity index is 1.63. The number of pyridine rings is 1. The van der Waals surface area contributed by atoms with E-state index in [1.807, 2.05) is 32.3 Å². The molecule has 0 bridgehead atoms. The largest absolute Gasteiger partial charge is 0.382 e. The molecule has 2 aromatic carbocycles. The number of nitrogen functional groups attached to an aromatic ring is 1. The number of rotatable bonds is 5. The molecular weight excluding hydrogens is 476 g/mol. The third kappa shape index (κ3) is 4.84. The van der Waals surface area contributed by atoms with Crippen LogP contribution in [0, 0.1) is 18.7 Å². The summed E-state index contributed by atoms with van der Waals surface area (Å²) in [5, 5.41) is 0.384. The Kier molecular flexibility index (Phi) is 6.74. The van der Waals surface area contributed by atoms with Crippen LogP contribution < -0.4 is 11.3 Å². The zero-order valence-electron chi connectivity index (χ0n) is 21.1. The number of nitrogens with one attached hydrogen (secondary N) is 1. The number of halogens is 2. The molecule has 1 aliphatic heterocycles. The summed E-state index contributed by atoms with van der Waals surface area (Å²) < 4.78 is 35.7. The number of fused-ring (bicyclic) bond motifs is 1. The Morgan fingerprint density at radius 2 is 1.84 bits per heavy atom. The van der Waals surface area contributed by atoms with E-state index in [4.69, 9.17) is 10.5 Å². The summed E-state index contributed by atoms with van der Waals surface area (Å²) in [6.45, 7) is 3.89. The van der Waals surface area contributed by atoms with Gasteiger partial charge in [0.15, 0.2) is 5.82 Å². The number of hydrogen-bond donors (Lipinski definition) is 2. The van der Waals surface area contributed by atoms with Gasteiger partial charge < -0.3 is 20.4 Å². The van der Waals surface area contributed by atoms with Gasteiger partial charge in [-0.25, -0.2) is 9.37 Å². The van der Waals surface area contributed by atoms with E-state index in [1.54, 1.807) is 13.0 Å². The first-order valence-electron chi connectivity index (χ1n) is 12.2. The highest BCUT2D eigenvalue weighted by molar-refractivity contribution is 5.90. The highest BCUT2D eigenvalue weighted by Gasteiger charge is 2.22. The molecule has 0 spiro atoms. The van der Waals surface area contributed by atoms with Gasteiger partial charge in [-0.1, -0.05) is 12.1 Å². The number of nitrogens with two attached hydrogens (primary N) is 1. The van der Waals surface area contributed by atoms with Gasteiger partial charge in [0.25, 0.3) is 5.56 Å². The van der Waals surface area contributed by atoms with Crippen molar-refractivity contribution < 1.29 is 13.5 Å². The highest BCUT2D eigenvalue weighted by Crippen LogP contribution is 2.35. The summed E-state index contributed by atoms with van der Waals surface area (Å²) in [5.41, 5.74) is 9.59. The molecule has 1 fully saturated rings. The Morgan fingerprint density at radius 1 is 1.08 bits per heavy atom. The van der Waals surface area contributed by atoms with Crippen LogP contribution in [0.3, 0.4) is 0 Å². The molecule has 0 amide bonds. The first kappa shape index (κ1) is 25.0. The average Bonchev–Trinajstić information content (AvgIpc) is 2.86. The zero-order valence-corrected chi connectivity index (χ0v) is 21.1. The number of aromatic nitrogens is 3. The van der Waals surface area contributed by atoms with Gasteiger partial charge in [-0.15, -0.1) is 0 Å². The summed E-state index contributed by atoms with van der Waals surface area (Å²) in [6.07, 6.45) is 3.40. The number of nitrogens with zero attached hydrogens (tertiary/aromatic N) is 3. The van der Waals surface area contributed by atoms with Gasteiger partial charge in [-0.05, 0) is 80.1 Å². The van der Waals surface area contributed by atoms with Crippen molar-refractivity contribution in [2.75, 3.05) is 33.0 Å². The predicted octanol–water partition coefficient (Wildman–Crippen LogP) is 4.78. The minimum Gasteiger partial charge on any atom is -0.382 e. The van der Waals surface area contributed by atoms with Crippen molar-refractivity contribution in [2.45, 2.75) is 32.2 Å². The summed E-state index contributed by atoms with van der Waals surface area (Å²) in [7, 11) is 3.98. The van der Waals surface area contributed by atoms with Crippen LogP contribution in [-0.2, 0) is 11.3 Å². The second-order valence-electron chi connectivity index (χ2n) is 9.82. The first-order chi connectivity index (χ1) is 17.7. The molecule has 0 unspecified atom stereocenters. The Hall–Kier alpha value is -3.69. The lowest BCUT2D eigenvalue weighted by Gasteiger charge is -2.26. The van der Waals surface area contributed by atoms with Gasteiger partial charge in [0.2, 0.25) is 5.95 Å². The maximum absolute atomic E-state index is 15.1. The van der Waals surface area contributed by atoms with E-state index in [1.165, 1.54) is 17.8 Å². The predicted molar refractivity (Wildman–Crippen MR) is 140 cm³/mol. The second-order valence-corrected chi connectivity index (χ2v) is 9.82. The van der Waals surface area contributed by atoms with Crippen LogP contribution in [0.2, 0.25) is 0 Å². The maximum atomic E-state index is 15.1. The van der Waals surface area contributed by atoms with Gasteiger partial charge in [0, 0.05) is 37.1 Å². The molecule has 1 saturated heterocycles. The Labute approximate surface area is 213 Å². The average molecular weight is 506 g/mol. The number of anilines is 1. The number of hydrogen-bond acceptors (Lipinski definition) is 6. The molecule has 3 heterocycles. The summed E-state index contributed by atoms with van der Waals surface area (Å²) in [6, 6.07) is 8.65. The number of ether oxygens (including phenoxy) is 1. The molecule has 2 aromatic heterocycles. The lowest BCUT2D eigenvalue weighted by molar-refractivity contribution is 0.0850. The highest BCUT2D eigenvalue weighted by atomic mass is 19.1. The van der Waals surface area contributed by atoms with Crippen molar-refractivity contribution in [3.8, 4) is 22.5 Å². The van der Waals surface area contributed by atoms with Crippen molar-refractivity contribution in [3.05, 3.63) is 75.3 Å². The topological polar surface area (TPSA) is 97.1 Å². The fourth-order valence-corrected chi connectivity index (χ4v) is 5.07. The molecule has 37 heavy (non-hydrogen) atoms. The molecule has 7 nitrogen and oxygen atoms in total. The van der Waals surface area contributed by atoms with Crippen LogP contribution in [0.15, 0.2) is 41.3 Å². The summed E-state index contributed by atoms with van der Waals surface area (Å²) >= 11 is 0. The van der Waals surface area contributed by atoms with Gasteiger partial charge in [-0.3, -0.25) is 4.79 Å². The molecule has 9 heteroatoms. The summed E-state index contributed by atoms with van der Waals surface area (Å²) in [4.78, 5) is 25.2. The van der Waals surface area contributed by atoms with Crippen LogP contribution in [0.5, 0.6) is 0 Å². The van der Waals surface area contributed by atoms with Gasteiger partial charge in [-0.2, -0.15) is 9.37 Å². The molecule has 3 N–H and O–H groups in total. The Morgan fingerprint density at radius 3 is 2.57 bits per heavy atom. The number of H-pyrrole nitrogens is 1. The fraction of sp³-hybridized carbons (Fsp3) is 0.321. The molecule has 0 saturated carbocycles. The monoisotopic (exact) mass is 505 g/mol. The van der Waals surface area contributed by atoms with E-state index in [0.717, 1.165) is 31.6 Å². The Bertz CT molecular complexity index is 1540. The van der Waals surface area contributed by atoms with E-state index in [0.29, 0.717) is 34.5 Å². The fourth-order valence-electron chi connectivity index (χ4n) is 5.07. The third-order valence-electron chi connectivity index (χ3n) is 6.88. The van der Waals surface area contributed by atoms with E-state index in [2.05, 4.69) is 19.9 Å². The maximum Gasteiger partial charge on any atom is 0.258 e. The zero-order chi connectivity index (χ0) is 26.3. The third-order valence-corrected chi connectivity index (χ3v) is 6.88. The minimum atomic E-state index is -0.801. The molecule has 192 valence electrons. The molecule has 0 aliphatic carbocycles. The van der Waals surface area contributed by atoms with Crippen LogP contribution in [0.4, 0.5) is 14.6 Å². The molecule has 0 radical (unpaired) electrons. The number of aromatic amines is 1. The van der Waals surface area contributed by atoms with Gasteiger partial charge >= 0.3 is 0 Å². The quantitative estimate of drug-likeness (QED) is 0.405. The van der Waals surface area contributed by atoms with Gasteiger partial charge in [0.05, 0.1) is 5.39 Å². The molecule has 5 rings (SSSR count).